The first kappa shape index (κ1) is 30.6. The highest BCUT2D eigenvalue weighted by Crippen LogP contribution is 2.43. The van der Waals surface area contributed by atoms with Gasteiger partial charge in [-0.2, -0.15) is 4.98 Å². The summed E-state index contributed by atoms with van der Waals surface area (Å²) in [6.07, 6.45) is 1.81. The van der Waals surface area contributed by atoms with Gasteiger partial charge in [0.15, 0.2) is 22.3 Å². The van der Waals surface area contributed by atoms with Crippen LogP contribution in [0.5, 0.6) is 5.75 Å². The van der Waals surface area contributed by atoms with Gasteiger partial charge in [-0.1, -0.05) is 53.7 Å². The lowest BCUT2D eigenvalue weighted by atomic mass is 10.1. The van der Waals surface area contributed by atoms with Gasteiger partial charge in [-0.15, -0.1) is 0 Å². The fraction of sp³-hybridized carbons (Fsp3) is 0.621. The van der Waals surface area contributed by atoms with E-state index in [9.17, 15) is 0 Å². The molecule has 1 aromatic carbocycles. The lowest BCUT2D eigenvalue weighted by Gasteiger charge is -2.40. The molecule has 2 N–H and O–H groups in total. The number of fused-ring (bicyclic) bond motifs is 1. The molecular formula is C29H47N5O4Si2. The Morgan fingerprint density at radius 3 is 2.33 bits per heavy atom. The molecule has 220 valence electrons. The minimum Gasteiger partial charge on any atom is -0.497 e. The maximum Gasteiger partial charge on any atom is 0.222 e. The Labute approximate surface area is 241 Å². The summed E-state index contributed by atoms with van der Waals surface area (Å²) in [7, 11) is -2.41. The predicted octanol–water partition coefficient (Wildman–Crippen LogP) is 6.78. The molecule has 9 nitrogen and oxygen atoms in total. The van der Waals surface area contributed by atoms with E-state index in [0.717, 1.165) is 11.3 Å². The second kappa shape index (κ2) is 10.8. The lowest BCUT2D eigenvalue weighted by Crippen LogP contribution is -2.48. The number of nitrogens with zero attached hydrogens (tertiary/aromatic N) is 4. The third-order valence-electron chi connectivity index (χ3n) is 8.94. The lowest BCUT2D eigenvalue weighted by molar-refractivity contribution is -0.0383. The number of aromatic nitrogens is 4. The number of methoxy groups -OCH3 is 1. The molecule has 0 radical (unpaired) electrons. The van der Waals surface area contributed by atoms with Crippen LogP contribution in [0.1, 0.15) is 54.2 Å². The van der Waals surface area contributed by atoms with E-state index in [1.807, 2.05) is 28.8 Å². The number of hydrogen-bond donors (Lipinski definition) is 1. The smallest absolute Gasteiger partial charge is 0.222 e. The highest BCUT2D eigenvalue weighted by Gasteiger charge is 2.47. The van der Waals surface area contributed by atoms with Crippen molar-refractivity contribution in [1.29, 1.82) is 0 Å². The largest absolute Gasteiger partial charge is 0.497 e. The Morgan fingerprint density at radius 1 is 1.02 bits per heavy atom. The summed E-state index contributed by atoms with van der Waals surface area (Å²) < 4.78 is 27.7. The first-order valence-electron chi connectivity index (χ1n) is 14.1. The van der Waals surface area contributed by atoms with Crippen molar-refractivity contribution < 1.29 is 18.3 Å². The van der Waals surface area contributed by atoms with Crippen molar-refractivity contribution in [1.82, 2.24) is 19.5 Å². The zero-order chi connectivity index (χ0) is 29.7. The zero-order valence-corrected chi connectivity index (χ0v) is 28.0. The molecule has 40 heavy (non-hydrogen) atoms. The van der Waals surface area contributed by atoms with Crippen molar-refractivity contribution in [2.75, 3.05) is 19.5 Å². The SMILES string of the molecule is COc1cccc(-c2nc(N)nc3c2ncn3[C@H]2C[C@H](O[Si](C)(C)C(C)(C)C)[C@@H](CO[Si](C)(C)C(C)(C)C)O2)c1. The van der Waals surface area contributed by atoms with Gasteiger partial charge in [0.2, 0.25) is 5.95 Å². The molecule has 0 amide bonds. The van der Waals surface area contributed by atoms with E-state index < -0.39 is 16.6 Å². The maximum absolute atomic E-state index is 6.95. The second-order valence-corrected chi connectivity index (χ2v) is 23.4. The summed E-state index contributed by atoms with van der Waals surface area (Å²) >= 11 is 0. The van der Waals surface area contributed by atoms with Gasteiger partial charge in [0, 0.05) is 12.0 Å². The molecule has 1 fully saturated rings. The number of ether oxygens (including phenoxy) is 2. The molecule has 0 aliphatic carbocycles. The summed E-state index contributed by atoms with van der Waals surface area (Å²) in [5, 5.41) is 0.178. The van der Waals surface area contributed by atoms with Gasteiger partial charge in [-0.25, -0.2) is 9.97 Å². The molecule has 1 saturated heterocycles. The Kier molecular flexibility index (Phi) is 8.29. The van der Waals surface area contributed by atoms with Gasteiger partial charge in [0.05, 0.1) is 26.1 Å². The minimum atomic E-state index is -2.07. The van der Waals surface area contributed by atoms with Crippen LogP contribution in [0.25, 0.3) is 22.4 Å². The zero-order valence-electron chi connectivity index (χ0n) is 26.0. The standard InChI is InChI=1S/C29H47N5O4Si2/c1-28(2,3)39(8,9)36-17-22-21(38-40(10,11)29(4,5)6)16-23(37-22)34-18-31-25-24(32-27(30)33-26(25)34)19-13-12-14-20(15-19)35-7/h12-15,18,21-23H,16-17H2,1-11H3,(H2,30,32,33)/t21-,22+,23+/m0/s1. The van der Waals surface area contributed by atoms with Crippen LogP contribution in [0, 0.1) is 0 Å². The molecule has 0 spiro atoms. The van der Waals surface area contributed by atoms with Gasteiger partial charge in [0.1, 0.15) is 29.3 Å². The van der Waals surface area contributed by atoms with Crippen molar-refractivity contribution in [2.45, 2.75) is 103 Å². The number of benzene rings is 1. The molecular weight excluding hydrogens is 539 g/mol. The van der Waals surface area contributed by atoms with E-state index in [1.54, 1.807) is 13.4 Å². The van der Waals surface area contributed by atoms with Crippen molar-refractivity contribution in [3.63, 3.8) is 0 Å². The number of hydrogen-bond acceptors (Lipinski definition) is 8. The van der Waals surface area contributed by atoms with Gasteiger partial charge in [0.25, 0.3) is 0 Å². The molecule has 2 aromatic heterocycles. The predicted molar refractivity (Wildman–Crippen MR) is 165 cm³/mol. The average molecular weight is 586 g/mol. The third-order valence-corrected chi connectivity index (χ3v) is 17.9. The maximum atomic E-state index is 6.95. The Balaban J connectivity index is 1.69. The Hall–Kier alpha value is -2.32. The van der Waals surface area contributed by atoms with E-state index in [1.165, 1.54) is 0 Å². The number of nitrogen functional groups attached to an aromatic ring is 1. The van der Waals surface area contributed by atoms with Crippen LogP contribution >= 0.6 is 0 Å². The first-order valence-corrected chi connectivity index (χ1v) is 19.9. The van der Waals surface area contributed by atoms with Gasteiger partial charge in [-0.05, 0) is 48.4 Å². The van der Waals surface area contributed by atoms with Gasteiger partial charge < -0.3 is 24.1 Å². The molecule has 11 heteroatoms. The highest BCUT2D eigenvalue weighted by atomic mass is 28.4. The molecule has 3 atom stereocenters. The first-order chi connectivity index (χ1) is 18.4. The molecule has 0 bridgehead atoms. The normalized spacial score (nSPS) is 20.8. The van der Waals surface area contributed by atoms with Crippen LogP contribution in [0.4, 0.5) is 5.95 Å². The number of nitrogens with two attached hydrogens (primary N) is 1. The van der Waals surface area contributed by atoms with Crippen LogP contribution in [0.3, 0.4) is 0 Å². The van der Waals surface area contributed by atoms with Crippen LogP contribution in [0.15, 0.2) is 30.6 Å². The second-order valence-electron chi connectivity index (χ2n) is 13.8. The topological polar surface area (TPSA) is 107 Å². The Morgan fingerprint density at radius 2 is 1.70 bits per heavy atom. The summed E-state index contributed by atoms with van der Waals surface area (Å²) in [6.45, 7) is 23.1. The van der Waals surface area contributed by atoms with E-state index in [-0.39, 0.29) is 34.5 Å². The number of rotatable bonds is 8. The fourth-order valence-corrected chi connectivity index (χ4v) is 6.70. The molecule has 0 saturated carbocycles. The summed E-state index contributed by atoms with van der Waals surface area (Å²) in [6, 6.07) is 7.70. The molecule has 0 unspecified atom stereocenters. The molecule has 3 heterocycles. The van der Waals surface area contributed by atoms with Gasteiger partial charge >= 0.3 is 0 Å². The monoisotopic (exact) mass is 585 g/mol. The van der Waals surface area contributed by atoms with Crippen molar-refractivity contribution in [2.24, 2.45) is 0 Å². The third kappa shape index (κ3) is 6.13. The van der Waals surface area contributed by atoms with E-state index >= 15 is 0 Å². The molecule has 3 aromatic rings. The quantitative estimate of drug-likeness (QED) is 0.288. The van der Waals surface area contributed by atoms with Crippen LogP contribution in [0.2, 0.25) is 36.3 Å². The van der Waals surface area contributed by atoms with E-state index in [4.69, 9.17) is 29.0 Å². The van der Waals surface area contributed by atoms with E-state index in [0.29, 0.717) is 29.9 Å². The summed E-state index contributed by atoms with van der Waals surface area (Å²) in [5.74, 6) is 0.911. The highest BCUT2D eigenvalue weighted by molar-refractivity contribution is 6.74. The van der Waals surface area contributed by atoms with Gasteiger partial charge in [-0.3, -0.25) is 4.57 Å². The van der Waals surface area contributed by atoms with E-state index in [2.05, 4.69) is 77.7 Å². The molecule has 1 aliphatic heterocycles. The Bertz CT molecular complexity index is 1350. The number of anilines is 1. The number of imidazole rings is 1. The molecule has 1 aliphatic rings. The van der Waals surface area contributed by atoms with Crippen molar-refractivity contribution in [3.05, 3.63) is 30.6 Å². The summed E-state index contributed by atoms with van der Waals surface area (Å²) in [4.78, 5) is 13.8. The minimum absolute atomic E-state index is 0.0743. The van der Waals surface area contributed by atoms with Crippen molar-refractivity contribution in [3.8, 4) is 17.0 Å². The fourth-order valence-electron chi connectivity index (χ4n) is 4.32. The summed E-state index contributed by atoms with van der Waals surface area (Å²) in [5.41, 5.74) is 9.02. The van der Waals surface area contributed by atoms with Crippen LogP contribution < -0.4 is 10.5 Å². The van der Waals surface area contributed by atoms with Crippen LogP contribution in [-0.4, -0.2) is 62.1 Å². The van der Waals surface area contributed by atoms with Crippen LogP contribution in [-0.2, 0) is 13.6 Å². The average Bonchev–Trinajstić information content (AvgIpc) is 3.44. The molecule has 4 rings (SSSR count). The van der Waals surface area contributed by atoms with Crippen molar-refractivity contribution >= 4 is 33.7 Å².